The van der Waals surface area contributed by atoms with Crippen LogP contribution >= 0.6 is 27.7 Å². The zero-order valence-corrected chi connectivity index (χ0v) is 13.1. The molecule has 20 heavy (non-hydrogen) atoms. The number of nitrogens with zero attached hydrogens (tertiary/aromatic N) is 1. The number of benzene rings is 1. The van der Waals surface area contributed by atoms with Gasteiger partial charge in [0.05, 0.1) is 10.9 Å². The number of aliphatic carboxylic acids is 1. The van der Waals surface area contributed by atoms with Crippen molar-refractivity contribution >= 4 is 39.6 Å². The smallest absolute Gasteiger partial charge is 0.327 e. The van der Waals surface area contributed by atoms with Crippen LogP contribution in [0.1, 0.15) is 23.7 Å². The predicted molar refractivity (Wildman–Crippen MR) is 79.9 cm³/mol. The predicted octanol–water partition coefficient (Wildman–Crippen LogP) is 2.53. The van der Waals surface area contributed by atoms with E-state index in [2.05, 4.69) is 15.9 Å². The highest BCUT2D eigenvalue weighted by atomic mass is 79.9. The first-order valence-corrected chi connectivity index (χ1v) is 7.95. The van der Waals surface area contributed by atoms with Crippen LogP contribution in [0.25, 0.3) is 0 Å². The van der Waals surface area contributed by atoms with Crippen LogP contribution in [0, 0.1) is 0 Å². The fourth-order valence-electron chi connectivity index (χ4n) is 2.16. The first kappa shape index (κ1) is 15.2. The first-order valence-electron chi connectivity index (χ1n) is 6.11. The van der Waals surface area contributed by atoms with Gasteiger partial charge in [0, 0.05) is 10.2 Å². The minimum atomic E-state index is -1.02. The van der Waals surface area contributed by atoms with Crippen molar-refractivity contribution in [1.29, 1.82) is 0 Å². The Bertz CT molecular complexity index is 551. The number of carboxylic acids is 1. The second kappa shape index (κ2) is 6.05. The van der Waals surface area contributed by atoms with Crippen molar-refractivity contribution < 1.29 is 19.8 Å². The Hall–Kier alpha value is -1.21. The third-order valence-corrected chi connectivity index (χ3v) is 5.10. The average Bonchev–Trinajstić information content (AvgIpc) is 2.84. The maximum Gasteiger partial charge on any atom is 0.327 e. The van der Waals surface area contributed by atoms with E-state index in [1.165, 1.54) is 28.8 Å². The highest BCUT2D eigenvalue weighted by Crippen LogP contribution is 2.34. The Kier molecular flexibility index (Phi) is 4.59. The van der Waals surface area contributed by atoms with Crippen molar-refractivity contribution in [3.63, 3.8) is 0 Å². The van der Waals surface area contributed by atoms with Crippen molar-refractivity contribution in [2.45, 2.75) is 24.8 Å². The van der Waals surface area contributed by atoms with E-state index in [1.54, 1.807) is 6.07 Å². The molecule has 1 aromatic rings. The van der Waals surface area contributed by atoms with Crippen LogP contribution in [0.5, 0.6) is 5.75 Å². The highest BCUT2D eigenvalue weighted by Gasteiger charge is 2.41. The van der Waals surface area contributed by atoms with E-state index in [9.17, 15) is 19.8 Å². The van der Waals surface area contributed by atoms with Crippen LogP contribution in [0.3, 0.4) is 0 Å². The van der Waals surface area contributed by atoms with Crippen LogP contribution in [-0.2, 0) is 4.79 Å². The van der Waals surface area contributed by atoms with Crippen molar-refractivity contribution in [3.8, 4) is 5.75 Å². The molecule has 1 fully saturated rings. The molecule has 0 aliphatic carbocycles. The molecule has 1 saturated heterocycles. The summed E-state index contributed by atoms with van der Waals surface area (Å²) in [4.78, 5) is 25.2. The van der Waals surface area contributed by atoms with Gasteiger partial charge in [-0.1, -0.05) is 22.9 Å². The summed E-state index contributed by atoms with van der Waals surface area (Å²) in [6.07, 6.45) is 0.662. The molecule has 2 atom stereocenters. The second-order valence-corrected chi connectivity index (χ2v) is 6.55. The monoisotopic (exact) mass is 359 g/mol. The van der Waals surface area contributed by atoms with Crippen LogP contribution in [0.15, 0.2) is 22.7 Å². The molecular weight excluding hydrogens is 346 g/mol. The zero-order chi connectivity index (χ0) is 14.9. The summed E-state index contributed by atoms with van der Waals surface area (Å²) >= 11 is 4.70. The molecule has 0 spiro atoms. The fraction of sp³-hybridized carbons (Fsp3) is 0.385. The van der Waals surface area contributed by atoms with Crippen molar-refractivity contribution in [1.82, 2.24) is 4.90 Å². The van der Waals surface area contributed by atoms with Crippen molar-refractivity contribution in [3.05, 3.63) is 28.2 Å². The molecule has 5 nitrogen and oxygen atoms in total. The van der Waals surface area contributed by atoms with Gasteiger partial charge in [-0.2, -0.15) is 0 Å². The van der Waals surface area contributed by atoms with Gasteiger partial charge >= 0.3 is 5.97 Å². The van der Waals surface area contributed by atoms with Crippen molar-refractivity contribution in [2.24, 2.45) is 0 Å². The molecule has 1 heterocycles. The Balaban J connectivity index is 2.38. The number of amides is 1. The lowest BCUT2D eigenvalue weighted by molar-refractivity contribution is -0.141. The van der Waals surface area contributed by atoms with E-state index in [-0.39, 0.29) is 16.7 Å². The van der Waals surface area contributed by atoms with Crippen LogP contribution in [0.4, 0.5) is 0 Å². The lowest BCUT2D eigenvalue weighted by atomic mass is 10.1. The number of phenols is 1. The van der Waals surface area contributed by atoms with Gasteiger partial charge in [0.1, 0.15) is 11.8 Å². The lowest BCUT2D eigenvalue weighted by Gasteiger charge is -2.27. The number of halogens is 1. The number of carbonyl (C=O) groups excluding carboxylic acids is 1. The molecule has 2 unspecified atom stereocenters. The van der Waals surface area contributed by atoms with Gasteiger partial charge in [0.2, 0.25) is 0 Å². The van der Waals surface area contributed by atoms with Gasteiger partial charge in [-0.3, -0.25) is 4.79 Å². The fourth-order valence-corrected chi connectivity index (χ4v) is 3.87. The lowest BCUT2D eigenvalue weighted by Crippen LogP contribution is -2.45. The van der Waals surface area contributed by atoms with Gasteiger partial charge in [0.25, 0.3) is 5.91 Å². The number of phenolic OH excluding ortho intramolecular Hbond substituents is 1. The Morgan fingerprint density at radius 1 is 1.50 bits per heavy atom. The number of aromatic hydroxyl groups is 1. The molecule has 0 saturated carbocycles. The number of hydrogen-bond acceptors (Lipinski definition) is 4. The molecule has 2 rings (SSSR count). The molecule has 1 aliphatic rings. The topological polar surface area (TPSA) is 77.8 Å². The van der Waals surface area contributed by atoms with Crippen LogP contribution < -0.4 is 0 Å². The minimum absolute atomic E-state index is 0.117. The summed E-state index contributed by atoms with van der Waals surface area (Å²) < 4.78 is 0.658. The van der Waals surface area contributed by atoms with E-state index in [4.69, 9.17) is 0 Å². The van der Waals surface area contributed by atoms with Gasteiger partial charge in [0.15, 0.2) is 0 Å². The van der Waals surface area contributed by atoms with Crippen LogP contribution in [-0.4, -0.2) is 44.2 Å². The maximum atomic E-state index is 12.6. The summed E-state index contributed by atoms with van der Waals surface area (Å²) in [5.41, 5.74) is 0.117. The zero-order valence-electron chi connectivity index (χ0n) is 10.7. The minimum Gasteiger partial charge on any atom is -0.507 e. The van der Waals surface area contributed by atoms with Gasteiger partial charge < -0.3 is 15.1 Å². The SMILES string of the molecule is CCC1SCC(C(=O)O)N1C(=O)c1cc(Br)ccc1O. The van der Waals surface area contributed by atoms with Crippen LogP contribution in [0.2, 0.25) is 0 Å². The van der Waals surface area contributed by atoms with E-state index < -0.39 is 17.9 Å². The number of hydrogen-bond donors (Lipinski definition) is 2. The molecular formula is C13H14BrNO4S. The summed E-state index contributed by atoms with van der Waals surface area (Å²) in [7, 11) is 0. The summed E-state index contributed by atoms with van der Waals surface area (Å²) in [6, 6.07) is 3.69. The quantitative estimate of drug-likeness (QED) is 0.866. The molecule has 0 aromatic heterocycles. The summed E-state index contributed by atoms with van der Waals surface area (Å²) in [6.45, 7) is 1.91. The maximum absolute atomic E-state index is 12.6. The summed E-state index contributed by atoms with van der Waals surface area (Å²) in [5, 5.41) is 18.9. The Labute approximate surface area is 129 Å². The number of carboxylic acid groups (broad SMARTS) is 1. The normalized spacial score (nSPS) is 22.0. The van der Waals surface area contributed by atoms with Gasteiger partial charge in [-0.15, -0.1) is 11.8 Å². The Morgan fingerprint density at radius 3 is 2.80 bits per heavy atom. The molecule has 1 aromatic carbocycles. The van der Waals surface area contributed by atoms with E-state index >= 15 is 0 Å². The molecule has 0 bridgehead atoms. The molecule has 2 N–H and O–H groups in total. The third kappa shape index (κ3) is 2.78. The van der Waals surface area contributed by atoms with Gasteiger partial charge in [-0.25, -0.2) is 4.79 Å². The number of carbonyl (C=O) groups is 2. The van der Waals surface area contributed by atoms with E-state index in [0.717, 1.165) is 0 Å². The van der Waals surface area contributed by atoms with E-state index in [1.807, 2.05) is 6.92 Å². The second-order valence-electron chi connectivity index (χ2n) is 4.42. The third-order valence-electron chi connectivity index (χ3n) is 3.15. The molecule has 1 aliphatic heterocycles. The molecule has 108 valence electrons. The molecule has 0 radical (unpaired) electrons. The largest absolute Gasteiger partial charge is 0.507 e. The summed E-state index contributed by atoms with van der Waals surface area (Å²) in [5.74, 6) is -1.24. The van der Waals surface area contributed by atoms with E-state index in [0.29, 0.717) is 16.6 Å². The highest BCUT2D eigenvalue weighted by molar-refractivity contribution is 9.10. The van der Waals surface area contributed by atoms with Gasteiger partial charge in [-0.05, 0) is 24.6 Å². The molecule has 1 amide bonds. The first-order chi connectivity index (χ1) is 9.45. The van der Waals surface area contributed by atoms with Crippen molar-refractivity contribution in [2.75, 3.05) is 5.75 Å². The average molecular weight is 360 g/mol. The molecule has 7 heteroatoms. The number of rotatable bonds is 3. The number of thioether (sulfide) groups is 1. The Morgan fingerprint density at radius 2 is 2.20 bits per heavy atom. The standard InChI is InChI=1S/C13H14BrNO4S/c1-2-11-15(9(6-20-11)13(18)19)12(17)8-5-7(14)3-4-10(8)16/h3-5,9,11,16H,2,6H2,1H3,(H,18,19).